The van der Waals surface area contributed by atoms with Gasteiger partial charge in [-0.1, -0.05) is 65.3 Å². The van der Waals surface area contributed by atoms with Crippen molar-refractivity contribution in [1.82, 2.24) is 0 Å². The monoisotopic (exact) mass is 375 g/mol. The number of benzene rings is 2. The van der Waals surface area contributed by atoms with Gasteiger partial charge in [-0.3, -0.25) is 0 Å². The summed E-state index contributed by atoms with van der Waals surface area (Å²) < 4.78 is 1.51. The molecule has 1 heteroatoms. The predicted molar refractivity (Wildman–Crippen MR) is 99.9 cm³/mol. The maximum absolute atomic E-state index is 2.34. The van der Waals surface area contributed by atoms with Crippen LogP contribution < -0.4 is 0 Å². The molecule has 4 rings (SSSR count). The second-order valence-corrected chi connectivity index (χ2v) is 8.73. The molecule has 1 aliphatic carbocycles. The van der Waals surface area contributed by atoms with Gasteiger partial charge in [-0.05, 0) is 13.3 Å². The summed E-state index contributed by atoms with van der Waals surface area (Å²) in [5, 5.41) is 5.49. The molecule has 0 atom stereocenters. The molecule has 0 aromatic heterocycles. The molecule has 0 unspecified atom stereocenters. The van der Waals surface area contributed by atoms with E-state index in [1.54, 1.807) is 24.2 Å². The number of allylic oxidation sites excluding steroid dienone is 4. The van der Waals surface area contributed by atoms with E-state index in [0.717, 1.165) is 6.42 Å². The zero-order chi connectivity index (χ0) is 16.4. The first kappa shape index (κ1) is 16.4. The first-order valence-corrected chi connectivity index (χ1v) is 9.26. The van der Waals surface area contributed by atoms with Crippen LogP contribution >= 0.6 is 0 Å². The third-order valence-electron chi connectivity index (χ3n) is 4.10. The molecule has 0 saturated heterocycles. The second kappa shape index (κ2) is 6.97. The van der Waals surface area contributed by atoms with Crippen molar-refractivity contribution < 1.29 is 24.2 Å². The Morgan fingerprint density at radius 3 is 2.48 bits per heavy atom. The zero-order valence-corrected chi connectivity index (χ0v) is 16.4. The Kier molecular flexibility index (Phi) is 4.97. The molecule has 0 radical (unpaired) electrons. The predicted octanol–water partition coefficient (Wildman–Crippen LogP) is 6.11. The van der Waals surface area contributed by atoms with Crippen molar-refractivity contribution in [2.45, 2.75) is 27.2 Å². The molecule has 0 heterocycles. The minimum absolute atomic E-state index is 1.06. The maximum Gasteiger partial charge on any atom is -0.0159 e. The summed E-state index contributed by atoms with van der Waals surface area (Å²) in [6.07, 6.45) is 7.70. The molecule has 3 aromatic carbocycles. The topological polar surface area (TPSA) is 0 Å². The number of rotatable bonds is 1. The van der Waals surface area contributed by atoms with Gasteiger partial charge in [0.2, 0.25) is 0 Å². The van der Waals surface area contributed by atoms with Crippen LogP contribution in [0.25, 0.3) is 27.1 Å². The smallest absolute Gasteiger partial charge is 0.0159 e. The molecule has 3 aromatic rings. The summed E-state index contributed by atoms with van der Waals surface area (Å²) >= 11 is 1.55. The quantitative estimate of drug-likeness (QED) is 0.450. The Morgan fingerprint density at radius 1 is 1.04 bits per heavy atom. The van der Waals surface area contributed by atoms with Gasteiger partial charge in [-0.25, -0.2) is 0 Å². The normalized spacial score (nSPS) is 13.0. The van der Waals surface area contributed by atoms with Gasteiger partial charge in [0.15, 0.2) is 0 Å². The Labute approximate surface area is 153 Å². The molecule has 0 fully saturated rings. The SMILES string of the molecule is C[C](C)=[Zr].Cc1ccc2c([cH-]c3ccccc32)c1C1=CC=CC1. The fraction of sp³-hybridized carbons (Fsp3) is 0.182. The average molecular weight is 377 g/mol. The van der Waals surface area contributed by atoms with Crippen LogP contribution in [0.15, 0.2) is 60.7 Å². The van der Waals surface area contributed by atoms with E-state index in [0.29, 0.717) is 0 Å². The van der Waals surface area contributed by atoms with E-state index in [1.807, 2.05) is 0 Å². The minimum atomic E-state index is 1.06. The largest absolute Gasteiger partial charge is 0.126 e. The van der Waals surface area contributed by atoms with Gasteiger partial charge in [0.25, 0.3) is 0 Å². The van der Waals surface area contributed by atoms with Crippen molar-refractivity contribution in [2.75, 3.05) is 0 Å². The summed E-state index contributed by atoms with van der Waals surface area (Å²) in [6.45, 7) is 6.46. The van der Waals surface area contributed by atoms with E-state index >= 15 is 0 Å². The van der Waals surface area contributed by atoms with Crippen LogP contribution in [0.4, 0.5) is 0 Å². The fourth-order valence-corrected chi connectivity index (χ4v) is 3.20. The number of hydrogen-bond acceptors (Lipinski definition) is 0. The molecule has 0 N–H and O–H groups in total. The van der Waals surface area contributed by atoms with Gasteiger partial charge >= 0.3 is 41.3 Å². The van der Waals surface area contributed by atoms with Crippen LogP contribution in [0.3, 0.4) is 0 Å². The standard InChI is InChI=1S/C19H15.C3H6.Zr/c1-13-10-11-17-16-9-5-4-8-15(16)12-18(17)19(13)14-6-2-3-7-14;1-3-2;/h2-6,8-12H,7H2,1H3;1-2H3;/q-1;;. The third kappa shape index (κ3) is 3.41. The zero-order valence-electron chi connectivity index (χ0n) is 14.0. The summed E-state index contributed by atoms with van der Waals surface area (Å²) in [7, 11) is 0. The summed E-state index contributed by atoms with van der Waals surface area (Å²) in [5.41, 5.74) is 4.25. The van der Waals surface area contributed by atoms with Crippen molar-refractivity contribution in [3.05, 3.63) is 71.8 Å². The van der Waals surface area contributed by atoms with Crippen molar-refractivity contribution in [3.8, 4) is 0 Å². The second-order valence-electron chi connectivity index (χ2n) is 6.27. The number of hydrogen-bond donors (Lipinski definition) is 0. The van der Waals surface area contributed by atoms with Crippen LogP contribution in [0.5, 0.6) is 0 Å². The Hall–Kier alpha value is -1.46. The van der Waals surface area contributed by atoms with Gasteiger partial charge < -0.3 is 0 Å². The molecule has 0 aliphatic heterocycles. The van der Waals surface area contributed by atoms with Gasteiger partial charge in [0.05, 0.1) is 0 Å². The van der Waals surface area contributed by atoms with Crippen LogP contribution in [-0.2, 0) is 24.2 Å². The molecule has 0 bridgehead atoms. The van der Waals surface area contributed by atoms with E-state index in [2.05, 4.69) is 81.5 Å². The van der Waals surface area contributed by atoms with Crippen LogP contribution in [0.2, 0.25) is 0 Å². The maximum atomic E-state index is 2.34. The van der Waals surface area contributed by atoms with Gasteiger partial charge in [-0.2, -0.15) is 0 Å². The van der Waals surface area contributed by atoms with Crippen LogP contribution in [-0.4, -0.2) is 3.21 Å². The molecule has 114 valence electrons. The third-order valence-corrected chi connectivity index (χ3v) is 4.10. The van der Waals surface area contributed by atoms with Crippen molar-refractivity contribution in [3.63, 3.8) is 0 Å². The molecule has 0 nitrogen and oxygen atoms in total. The van der Waals surface area contributed by atoms with E-state index in [4.69, 9.17) is 0 Å². The molecular formula is C22H21Zr-. The average Bonchev–Trinajstić information content (AvgIpc) is 3.13. The molecule has 0 spiro atoms. The Balaban J connectivity index is 0.000000354. The summed E-state index contributed by atoms with van der Waals surface area (Å²) in [4.78, 5) is 0. The van der Waals surface area contributed by atoms with Crippen molar-refractivity contribution in [2.24, 2.45) is 0 Å². The number of fused-ring (bicyclic) bond motifs is 3. The van der Waals surface area contributed by atoms with Crippen molar-refractivity contribution in [1.29, 1.82) is 0 Å². The first-order chi connectivity index (χ1) is 11.1. The van der Waals surface area contributed by atoms with Gasteiger partial charge in [0.1, 0.15) is 0 Å². The van der Waals surface area contributed by atoms with Crippen LogP contribution in [0.1, 0.15) is 31.4 Å². The summed E-state index contributed by atoms with van der Waals surface area (Å²) in [5.74, 6) is 0. The molecule has 0 amide bonds. The van der Waals surface area contributed by atoms with Gasteiger partial charge in [0, 0.05) is 0 Å². The van der Waals surface area contributed by atoms with E-state index < -0.39 is 0 Å². The van der Waals surface area contributed by atoms with Gasteiger partial charge in [-0.15, -0.1) is 33.7 Å². The Morgan fingerprint density at radius 2 is 1.78 bits per heavy atom. The van der Waals surface area contributed by atoms with Crippen molar-refractivity contribution >= 4 is 30.3 Å². The minimum Gasteiger partial charge on any atom is -0.126 e. The summed E-state index contributed by atoms with van der Waals surface area (Å²) in [6, 6.07) is 15.5. The fourth-order valence-electron chi connectivity index (χ4n) is 3.20. The Bertz CT molecular complexity index is 931. The molecule has 23 heavy (non-hydrogen) atoms. The van der Waals surface area contributed by atoms with E-state index in [1.165, 1.54) is 41.5 Å². The molecule has 1 aliphatic rings. The van der Waals surface area contributed by atoms with E-state index in [-0.39, 0.29) is 0 Å². The first-order valence-electron chi connectivity index (χ1n) is 8.03. The van der Waals surface area contributed by atoms with E-state index in [9.17, 15) is 0 Å². The molecular weight excluding hydrogens is 355 g/mol. The number of aryl methyl sites for hydroxylation is 1. The van der Waals surface area contributed by atoms with Crippen LogP contribution in [0, 0.1) is 6.92 Å². The molecule has 0 saturated carbocycles.